The van der Waals surface area contributed by atoms with Crippen molar-refractivity contribution in [1.29, 1.82) is 0 Å². The molecular weight excluding hydrogens is 226 g/mol. The van der Waals surface area contributed by atoms with E-state index in [1.165, 1.54) is 0 Å². The molecule has 3 nitrogen and oxygen atoms in total. The van der Waals surface area contributed by atoms with E-state index in [1.54, 1.807) is 6.07 Å². The van der Waals surface area contributed by atoms with Gasteiger partial charge in [0.25, 0.3) is 5.91 Å². The number of nitrogens with one attached hydrogen (secondary N) is 1. The summed E-state index contributed by atoms with van der Waals surface area (Å²) in [6.07, 6.45) is 0.402. The van der Waals surface area contributed by atoms with Gasteiger partial charge in [0.1, 0.15) is 0 Å². The average Bonchev–Trinajstić information content (AvgIpc) is 2.41. The Balaban J connectivity index is 0.000000771. The third-order valence-corrected chi connectivity index (χ3v) is 2.55. The number of imide groups is 1. The molecule has 0 aliphatic rings. The van der Waals surface area contributed by atoms with Gasteiger partial charge in [-0.05, 0) is 29.3 Å². The van der Waals surface area contributed by atoms with Crippen LogP contribution in [0.1, 0.15) is 29.8 Å². The van der Waals surface area contributed by atoms with Crippen LogP contribution in [0.3, 0.4) is 0 Å². The van der Waals surface area contributed by atoms with E-state index in [1.807, 2.05) is 51.1 Å². The van der Waals surface area contributed by atoms with Gasteiger partial charge in [-0.25, -0.2) is 0 Å². The molecule has 94 valence electrons. The van der Waals surface area contributed by atoms with Crippen LogP contribution in [0.2, 0.25) is 0 Å². The Hall–Kier alpha value is -2.16. The summed E-state index contributed by atoms with van der Waals surface area (Å²) >= 11 is 0. The Labute approximate surface area is 107 Å². The summed E-state index contributed by atoms with van der Waals surface area (Å²) in [7, 11) is 0. The smallest absolute Gasteiger partial charge is 0.258 e. The van der Waals surface area contributed by atoms with Crippen LogP contribution in [0.4, 0.5) is 0 Å². The molecule has 0 aliphatic heterocycles. The van der Waals surface area contributed by atoms with Crippen molar-refractivity contribution in [3.8, 4) is 0 Å². The first-order chi connectivity index (χ1) is 8.74. The number of aryl methyl sites for hydroxylation is 1. The molecule has 2 aromatic carbocycles. The first-order valence-electron chi connectivity index (χ1n) is 5.97. The molecule has 0 spiro atoms. The van der Waals surface area contributed by atoms with E-state index in [9.17, 15) is 9.59 Å². The van der Waals surface area contributed by atoms with Crippen molar-refractivity contribution in [3.63, 3.8) is 0 Å². The molecule has 18 heavy (non-hydrogen) atoms. The highest BCUT2D eigenvalue weighted by atomic mass is 16.2. The quantitative estimate of drug-likeness (QED) is 0.824. The lowest BCUT2D eigenvalue weighted by Gasteiger charge is -2.07. The van der Waals surface area contributed by atoms with Crippen molar-refractivity contribution >= 4 is 23.1 Å². The summed E-state index contributed by atoms with van der Waals surface area (Å²) < 4.78 is 0. The van der Waals surface area contributed by atoms with Crippen LogP contribution >= 0.6 is 0 Å². The minimum Gasteiger partial charge on any atom is -0.295 e. The van der Waals surface area contributed by atoms with Crippen molar-refractivity contribution in [2.24, 2.45) is 0 Å². The van der Waals surface area contributed by atoms with E-state index in [4.69, 9.17) is 0 Å². The second-order valence-corrected chi connectivity index (χ2v) is 3.57. The predicted octanol–water partition coefficient (Wildman–Crippen LogP) is 3.06. The number of carbonyl (C=O) groups excluding carboxylic acids is 2. The molecule has 0 fully saturated rings. The molecule has 0 saturated carbocycles. The van der Waals surface area contributed by atoms with Crippen molar-refractivity contribution in [2.75, 3.05) is 0 Å². The standard InChI is InChI=1S/C13H11NO2.C2H6/c1-9-4-2-5-10-6-3-7-11(12(9)10)13(16)14-8-15;1-2/h2-8H,1H3,(H,14,15,16);1-2H3. The van der Waals surface area contributed by atoms with E-state index < -0.39 is 0 Å². The maximum atomic E-state index is 11.7. The Morgan fingerprint density at radius 2 is 1.72 bits per heavy atom. The summed E-state index contributed by atoms with van der Waals surface area (Å²) in [6.45, 7) is 5.94. The van der Waals surface area contributed by atoms with E-state index in [0.29, 0.717) is 12.0 Å². The lowest BCUT2D eigenvalue weighted by molar-refractivity contribution is -0.108. The minimum atomic E-state index is -0.366. The van der Waals surface area contributed by atoms with Crippen LogP contribution in [0.25, 0.3) is 10.8 Å². The summed E-state index contributed by atoms with van der Waals surface area (Å²) in [6, 6.07) is 11.3. The highest BCUT2D eigenvalue weighted by molar-refractivity contribution is 6.10. The largest absolute Gasteiger partial charge is 0.295 e. The fourth-order valence-corrected chi connectivity index (χ4v) is 1.85. The second-order valence-electron chi connectivity index (χ2n) is 3.57. The first kappa shape index (κ1) is 13.9. The minimum absolute atomic E-state index is 0.366. The second kappa shape index (κ2) is 6.55. The topological polar surface area (TPSA) is 46.2 Å². The average molecular weight is 243 g/mol. The van der Waals surface area contributed by atoms with Crippen LogP contribution in [-0.2, 0) is 4.79 Å². The summed E-state index contributed by atoms with van der Waals surface area (Å²) in [5.74, 6) is -0.366. The Bertz CT molecular complexity index is 556. The van der Waals surface area contributed by atoms with Crippen LogP contribution in [-0.4, -0.2) is 12.3 Å². The van der Waals surface area contributed by atoms with Gasteiger partial charge < -0.3 is 0 Å². The molecule has 2 rings (SSSR count). The lowest BCUT2D eigenvalue weighted by atomic mass is 10.00. The molecule has 0 heterocycles. The molecule has 2 amide bonds. The van der Waals surface area contributed by atoms with Gasteiger partial charge in [0.05, 0.1) is 0 Å². The molecule has 0 atom stereocenters. The van der Waals surface area contributed by atoms with E-state index in [0.717, 1.165) is 16.3 Å². The molecule has 0 bridgehead atoms. The molecule has 0 saturated heterocycles. The highest BCUT2D eigenvalue weighted by Gasteiger charge is 2.10. The number of rotatable bonds is 2. The summed E-state index contributed by atoms with van der Waals surface area (Å²) in [5, 5.41) is 4.05. The van der Waals surface area contributed by atoms with Crippen LogP contribution in [0, 0.1) is 6.92 Å². The van der Waals surface area contributed by atoms with Gasteiger partial charge in [-0.3, -0.25) is 14.9 Å². The molecule has 2 aromatic rings. The van der Waals surface area contributed by atoms with Gasteiger partial charge >= 0.3 is 0 Å². The zero-order valence-electron chi connectivity index (χ0n) is 10.9. The third kappa shape index (κ3) is 2.74. The number of hydrogen-bond acceptors (Lipinski definition) is 2. The summed E-state index contributed by atoms with van der Waals surface area (Å²) in [4.78, 5) is 21.9. The van der Waals surface area contributed by atoms with E-state index in [2.05, 4.69) is 5.32 Å². The molecular formula is C15H17NO2. The van der Waals surface area contributed by atoms with E-state index >= 15 is 0 Å². The van der Waals surface area contributed by atoms with Crippen LogP contribution in [0.15, 0.2) is 36.4 Å². The number of hydrogen-bond donors (Lipinski definition) is 1. The molecule has 0 aromatic heterocycles. The van der Waals surface area contributed by atoms with Gasteiger partial charge in [0, 0.05) is 5.56 Å². The van der Waals surface area contributed by atoms with Crippen molar-refractivity contribution < 1.29 is 9.59 Å². The maximum absolute atomic E-state index is 11.7. The van der Waals surface area contributed by atoms with Gasteiger partial charge in [0.15, 0.2) is 0 Å². The molecule has 0 unspecified atom stereocenters. The highest BCUT2D eigenvalue weighted by Crippen LogP contribution is 2.22. The summed E-state index contributed by atoms with van der Waals surface area (Å²) in [5.41, 5.74) is 1.55. The Morgan fingerprint density at radius 1 is 1.11 bits per heavy atom. The van der Waals surface area contributed by atoms with Gasteiger partial charge in [0.2, 0.25) is 6.41 Å². The first-order valence-corrected chi connectivity index (χ1v) is 5.97. The molecule has 1 N–H and O–H groups in total. The van der Waals surface area contributed by atoms with Gasteiger partial charge in [-0.15, -0.1) is 0 Å². The fourth-order valence-electron chi connectivity index (χ4n) is 1.85. The zero-order valence-corrected chi connectivity index (χ0v) is 10.9. The number of fused-ring (bicyclic) bond motifs is 1. The zero-order chi connectivity index (χ0) is 13.5. The normalized spacial score (nSPS) is 9.28. The Morgan fingerprint density at radius 3 is 2.33 bits per heavy atom. The molecule has 0 radical (unpaired) electrons. The molecule has 0 aliphatic carbocycles. The Kier molecular flexibility index (Phi) is 5.06. The molecule has 3 heteroatoms. The fraction of sp³-hybridized carbons (Fsp3) is 0.200. The number of amides is 2. The van der Waals surface area contributed by atoms with Crippen LogP contribution in [0.5, 0.6) is 0 Å². The lowest BCUT2D eigenvalue weighted by Crippen LogP contribution is -2.21. The van der Waals surface area contributed by atoms with Crippen molar-refractivity contribution in [3.05, 3.63) is 47.5 Å². The van der Waals surface area contributed by atoms with Crippen molar-refractivity contribution in [2.45, 2.75) is 20.8 Å². The van der Waals surface area contributed by atoms with E-state index in [-0.39, 0.29) is 5.91 Å². The van der Waals surface area contributed by atoms with Gasteiger partial charge in [-0.1, -0.05) is 44.2 Å². The maximum Gasteiger partial charge on any atom is 0.258 e. The third-order valence-electron chi connectivity index (χ3n) is 2.55. The predicted molar refractivity (Wildman–Crippen MR) is 73.6 cm³/mol. The SMILES string of the molecule is CC.Cc1cccc2cccc(C(=O)NC=O)c12. The monoisotopic (exact) mass is 243 g/mol. The van der Waals surface area contributed by atoms with Crippen LogP contribution < -0.4 is 5.32 Å². The van der Waals surface area contributed by atoms with Crippen molar-refractivity contribution in [1.82, 2.24) is 5.32 Å². The van der Waals surface area contributed by atoms with Gasteiger partial charge in [-0.2, -0.15) is 0 Å². The number of carbonyl (C=O) groups is 2. The number of benzene rings is 2.